The Morgan fingerprint density at radius 2 is 2.30 bits per heavy atom. The van der Waals surface area contributed by atoms with Gasteiger partial charge in [-0.3, -0.25) is 4.99 Å². The average Bonchev–Trinajstić information content (AvgIpc) is 3.00. The molecule has 0 saturated carbocycles. The molecule has 0 bridgehead atoms. The molecule has 1 aromatic rings. The molecule has 0 radical (unpaired) electrons. The minimum absolute atomic E-state index is 0.0455. The zero-order valence-corrected chi connectivity index (χ0v) is 14.8. The fourth-order valence-corrected chi connectivity index (χ4v) is 2.89. The van der Waals surface area contributed by atoms with Gasteiger partial charge in [0.2, 0.25) is 0 Å². The Hall–Kier alpha value is -1.18. The van der Waals surface area contributed by atoms with E-state index in [1.165, 1.54) is 6.07 Å². The molecular weight excluding hydrogens is 365 g/mol. The van der Waals surface area contributed by atoms with Crippen LogP contribution in [0.2, 0.25) is 0 Å². The number of hydrogen-bond donors (Lipinski definition) is 3. The number of rotatable bonds is 6. The van der Waals surface area contributed by atoms with Crippen LogP contribution in [-0.2, 0) is 11.3 Å². The van der Waals surface area contributed by atoms with E-state index in [-0.39, 0.29) is 17.8 Å². The van der Waals surface area contributed by atoms with Crippen molar-refractivity contribution in [1.82, 2.24) is 10.6 Å². The second-order valence-corrected chi connectivity index (χ2v) is 6.66. The quantitative estimate of drug-likeness (QED) is 0.516. The third kappa shape index (κ3) is 5.16. The standard InChI is InChI=1S/C16H23BrFN3O2/c1-19-15(20-9-12-2-3-13(17)14(18)8-12)21-10-16(4-6-22)5-7-23-11-16/h2-3,8,22H,4-7,9-11H2,1H3,(H2,19,20,21). The van der Waals surface area contributed by atoms with Crippen molar-refractivity contribution in [2.75, 3.05) is 33.4 Å². The molecule has 1 aliphatic heterocycles. The van der Waals surface area contributed by atoms with Gasteiger partial charge in [-0.15, -0.1) is 0 Å². The lowest BCUT2D eigenvalue weighted by Crippen LogP contribution is -2.44. The number of aliphatic hydroxyl groups is 1. The van der Waals surface area contributed by atoms with Crippen LogP contribution in [0.25, 0.3) is 0 Å². The first-order valence-electron chi connectivity index (χ1n) is 7.66. The van der Waals surface area contributed by atoms with Crippen molar-refractivity contribution in [3.8, 4) is 0 Å². The molecule has 128 valence electrons. The van der Waals surface area contributed by atoms with Crippen molar-refractivity contribution < 1.29 is 14.2 Å². The summed E-state index contributed by atoms with van der Waals surface area (Å²) in [5.74, 6) is 0.370. The van der Waals surface area contributed by atoms with E-state index in [1.807, 2.05) is 6.07 Å². The van der Waals surface area contributed by atoms with Gasteiger partial charge in [-0.1, -0.05) is 6.07 Å². The molecule has 3 N–H and O–H groups in total. The van der Waals surface area contributed by atoms with Crippen LogP contribution >= 0.6 is 15.9 Å². The summed E-state index contributed by atoms with van der Waals surface area (Å²) in [7, 11) is 1.70. The van der Waals surface area contributed by atoms with Crippen molar-refractivity contribution in [3.63, 3.8) is 0 Å². The number of aliphatic hydroxyl groups excluding tert-OH is 1. The molecule has 7 heteroatoms. The zero-order chi connectivity index (χ0) is 16.7. The van der Waals surface area contributed by atoms with Gasteiger partial charge in [0.05, 0.1) is 11.1 Å². The van der Waals surface area contributed by atoms with Crippen LogP contribution in [0.15, 0.2) is 27.7 Å². The number of ether oxygens (including phenoxy) is 1. The van der Waals surface area contributed by atoms with Crippen LogP contribution in [0, 0.1) is 11.2 Å². The van der Waals surface area contributed by atoms with Gasteiger partial charge in [-0.25, -0.2) is 4.39 Å². The summed E-state index contributed by atoms with van der Waals surface area (Å²) in [5.41, 5.74) is 0.790. The van der Waals surface area contributed by atoms with Crippen molar-refractivity contribution in [3.05, 3.63) is 34.1 Å². The van der Waals surface area contributed by atoms with Gasteiger partial charge in [0.15, 0.2) is 5.96 Å². The highest BCUT2D eigenvalue weighted by Gasteiger charge is 2.34. The highest BCUT2D eigenvalue weighted by Crippen LogP contribution is 2.31. The fraction of sp³-hybridized carbons (Fsp3) is 0.562. The average molecular weight is 388 g/mol. The summed E-state index contributed by atoms with van der Waals surface area (Å²) >= 11 is 3.14. The number of nitrogens with zero attached hydrogens (tertiary/aromatic N) is 1. The van der Waals surface area contributed by atoms with Crippen LogP contribution in [0.5, 0.6) is 0 Å². The summed E-state index contributed by atoms with van der Waals surface area (Å²) in [4.78, 5) is 4.18. The van der Waals surface area contributed by atoms with Gasteiger partial charge >= 0.3 is 0 Å². The number of aliphatic imine (C=N–C) groups is 1. The van der Waals surface area contributed by atoms with Crippen LogP contribution < -0.4 is 10.6 Å². The summed E-state index contributed by atoms with van der Waals surface area (Å²) in [5, 5.41) is 15.7. The molecular formula is C16H23BrFN3O2. The summed E-state index contributed by atoms with van der Waals surface area (Å²) in [6.45, 7) is 2.69. The predicted octanol–water partition coefficient (Wildman–Crippen LogP) is 2.04. The van der Waals surface area contributed by atoms with Crippen molar-refractivity contribution in [2.45, 2.75) is 19.4 Å². The molecule has 5 nitrogen and oxygen atoms in total. The van der Waals surface area contributed by atoms with Gasteiger partial charge in [0, 0.05) is 38.8 Å². The molecule has 2 rings (SSSR count). The van der Waals surface area contributed by atoms with Crippen molar-refractivity contribution in [2.24, 2.45) is 10.4 Å². The SMILES string of the molecule is CN=C(NCc1ccc(Br)c(F)c1)NCC1(CCO)CCOC1. The van der Waals surface area contributed by atoms with Crippen LogP contribution in [0.1, 0.15) is 18.4 Å². The molecule has 1 unspecified atom stereocenters. The van der Waals surface area contributed by atoms with Gasteiger partial charge in [0.25, 0.3) is 0 Å². The molecule has 0 amide bonds. The van der Waals surface area contributed by atoms with E-state index in [0.29, 0.717) is 36.5 Å². The van der Waals surface area contributed by atoms with E-state index in [2.05, 4.69) is 31.6 Å². The Bertz CT molecular complexity index is 548. The third-order valence-corrected chi connectivity index (χ3v) is 4.77. The monoisotopic (exact) mass is 387 g/mol. The van der Waals surface area contributed by atoms with E-state index in [9.17, 15) is 9.50 Å². The van der Waals surface area contributed by atoms with Crippen LogP contribution in [-0.4, -0.2) is 44.5 Å². The fourth-order valence-electron chi connectivity index (χ4n) is 2.64. The smallest absolute Gasteiger partial charge is 0.191 e. The number of halogens is 2. The normalized spacial score (nSPS) is 21.5. The van der Waals surface area contributed by atoms with Gasteiger partial charge in [-0.05, 0) is 46.5 Å². The molecule has 0 aliphatic carbocycles. The lowest BCUT2D eigenvalue weighted by molar-refractivity contribution is 0.127. The van der Waals surface area contributed by atoms with E-state index >= 15 is 0 Å². The molecule has 1 aliphatic rings. The topological polar surface area (TPSA) is 65.9 Å². The molecule has 1 aromatic carbocycles. The van der Waals surface area contributed by atoms with Gasteiger partial charge in [0.1, 0.15) is 5.82 Å². The summed E-state index contributed by atoms with van der Waals surface area (Å²) in [6.07, 6.45) is 1.63. The summed E-state index contributed by atoms with van der Waals surface area (Å²) in [6, 6.07) is 5.03. The molecule has 0 aromatic heterocycles. The first kappa shape index (κ1) is 18.2. The Balaban J connectivity index is 1.86. The minimum atomic E-state index is -0.280. The lowest BCUT2D eigenvalue weighted by atomic mass is 9.84. The third-order valence-electron chi connectivity index (χ3n) is 4.13. The van der Waals surface area contributed by atoms with Crippen molar-refractivity contribution >= 4 is 21.9 Å². The molecule has 1 saturated heterocycles. The Labute approximate surface area is 144 Å². The van der Waals surface area contributed by atoms with Gasteiger partial charge in [-0.2, -0.15) is 0 Å². The number of benzene rings is 1. The van der Waals surface area contributed by atoms with E-state index in [0.717, 1.165) is 18.6 Å². The number of guanidine groups is 1. The van der Waals surface area contributed by atoms with E-state index in [1.54, 1.807) is 13.1 Å². The number of nitrogens with one attached hydrogen (secondary N) is 2. The zero-order valence-electron chi connectivity index (χ0n) is 13.2. The Morgan fingerprint density at radius 3 is 2.91 bits per heavy atom. The molecule has 1 atom stereocenters. The predicted molar refractivity (Wildman–Crippen MR) is 91.9 cm³/mol. The van der Waals surface area contributed by atoms with E-state index < -0.39 is 0 Å². The lowest BCUT2D eigenvalue weighted by Gasteiger charge is -2.27. The maximum Gasteiger partial charge on any atom is 0.191 e. The first-order chi connectivity index (χ1) is 11.1. The van der Waals surface area contributed by atoms with Gasteiger partial charge < -0.3 is 20.5 Å². The van der Waals surface area contributed by atoms with Crippen LogP contribution in [0.3, 0.4) is 0 Å². The number of hydrogen-bond acceptors (Lipinski definition) is 3. The van der Waals surface area contributed by atoms with Crippen molar-refractivity contribution in [1.29, 1.82) is 0 Å². The molecule has 23 heavy (non-hydrogen) atoms. The summed E-state index contributed by atoms with van der Waals surface area (Å²) < 4.78 is 19.4. The maximum absolute atomic E-state index is 13.5. The largest absolute Gasteiger partial charge is 0.396 e. The second-order valence-electron chi connectivity index (χ2n) is 5.80. The highest BCUT2D eigenvalue weighted by atomic mass is 79.9. The Morgan fingerprint density at radius 1 is 1.48 bits per heavy atom. The first-order valence-corrected chi connectivity index (χ1v) is 8.45. The highest BCUT2D eigenvalue weighted by molar-refractivity contribution is 9.10. The molecule has 1 heterocycles. The molecule has 0 spiro atoms. The Kier molecular flexibility index (Phi) is 6.80. The van der Waals surface area contributed by atoms with Crippen LogP contribution in [0.4, 0.5) is 4.39 Å². The second kappa shape index (κ2) is 8.61. The molecule has 1 fully saturated rings. The maximum atomic E-state index is 13.5. The van der Waals surface area contributed by atoms with E-state index in [4.69, 9.17) is 4.74 Å². The minimum Gasteiger partial charge on any atom is -0.396 e.